The lowest BCUT2D eigenvalue weighted by Gasteiger charge is -2.35. The van der Waals surface area contributed by atoms with Crippen LogP contribution in [0.3, 0.4) is 0 Å². The first kappa shape index (κ1) is 22.1. The third-order valence-electron chi connectivity index (χ3n) is 6.16. The van der Waals surface area contributed by atoms with E-state index >= 15 is 0 Å². The highest BCUT2D eigenvalue weighted by Gasteiger charge is 2.20. The van der Waals surface area contributed by atoms with E-state index in [1.807, 2.05) is 30.3 Å². The van der Waals surface area contributed by atoms with Crippen LogP contribution in [-0.2, 0) is 0 Å². The number of nitrogens with one attached hydrogen (secondary N) is 2. The summed E-state index contributed by atoms with van der Waals surface area (Å²) in [5.74, 6) is 1.18. The van der Waals surface area contributed by atoms with Crippen LogP contribution in [0.4, 0.5) is 11.5 Å². The molecule has 0 radical (unpaired) electrons. The maximum atomic E-state index is 12.8. The minimum Gasteiger partial charge on any atom is -0.497 e. The summed E-state index contributed by atoms with van der Waals surface area (Å²) in [7, 11) is 1.63. The van der Waals surface area contributed by atoms with E-state index in [0.717, 1.165) is 29.8 Å². The Hall–Kier alpha value is -3.06. The Morgan fingerprint density at radius 2 is 2.09 bits per heavy atom. The molecule has 3 aromatic rings. The summed E-state index contributed by atoms with van der Waals surface area (Å²) in [6.07, 6.45) is 7.64. The van der Waals surface area contributed by atoms with Gasteiger partial charge in [0.2, 0.25) is 0 Å². The number of carbonyl (C=O) groups excluding carboxylic acids is 1. The molecule has 0 spiro atoms. The Morgan fingerprint density at radius 1 is 1.25 bits per heavy atom. The molecule has 1 fully saturated rings. The lowest BCUT2D eigenvalue weighted by Crippen LogP contribution is -2.40. The molecule has 0 aliphatic carbocycles. The number of amides is 1. The molecule has 1 aliphatic heterocycles. The molecular formula is C25H32N4O3. The van der Waals surface area contributed by atoms with Gasteiger partial charge in [0.05, 0.1) is 18.8 Å². The van der Waals surface area contributed by atoms with Crippen molar-refractivity contribution in [3.05, 3.63) is 48.4 Å². The maximum absolute atomic E-state index is 12.8. The number of nitrogens with zero attached hydrogens (tertiary/aromatic N) is 2. The van der Waals surface area contributed by atoms with Crippen molar-refractivity contribution < 1.29 is 13.9 Å². The van der Waals surface area contributed by atoms with E-state index in [9.17, 15) is 4.79 Å². The van der Waals surface area contributed by atoms with Crippen molar-refractivity contribution in [2.45, 2.75) is 45.1 Å². The van der Waals surface area contributed by atoms with Crippen LogP contribution in [0, 0.1) is 0 Å². The van der Waals surface area contributed by atoms with E-state index in [0.29, 0.717) is 29.7 Å². The Bertz CT molecular complexity index is 1030. The molecule has 2 aromatic heterocycles. The Balaban J connectivity index is 1.39. The number of anilines is 2. The Kier molecular flexibility index (Phi) is 7.27. The first-order valence-electron chi connectivity index (χ1n) is 11.5. The van der Waals surface area contributed by atoms with E-state index in [-0.39, 0.29) is 5.91 Å². The summed E-state index contributed by atoms with van der Waals surface area (Å²) >= 11 is 0. The monoisotopic (exact) mass is 436 g/mol. The number of likely N-dealkylation sites (tertiary alicyclic amines) is 1. The summed E-state index contributed by atoms with van der Waals surface area (Å²) in [5, 5.41) is 7.14. The zero-order valence-corrected chi connectivity index (χ0v) is 18.9. The number of ether oxygens (including phenoxy) is 1. The van der Waals surface area contributed by atoms with Crippen molar-refractivity contribution in [3.8, 4) is 5.75 Å². The third-order valence-corrected chi connectivity index (χ3v) is 6.16. The molecule has 1 amide bonds. The Morgan fingerprint density at radius 3 is 2.88 bits per heavy atom. The van der Waals surface area contributed by atoms with Gasteiger partial charge < -0.3 is 24.7 Å². The predicted octanol–water partition coefficient (Wildman–Crippen LogP) is 4.96. The minimum absolute atomic E-state index is 0.188. The zero-order chi connectivity index (χ0) is 22.3. The lowest BCUT2D eigenvalue weighted by atomic mass is 10.00. The smallest absolute Gasteiger partial charge is 0.270 e. The number of hydrogen-bond acceptors (Lipinski definition) is 6. The van der Waals surface area contributed by atoms with Crippen molar-refractivity contribution >= 4 is 28.4 Å². The fraction of sp³-hybridized carbons (Fsp3) is 0.440. The van der Waals surface area contributed by atoms with Crippen LogP contribution in [-0.4, -0.2) is 48.6 Å². The summed E-state index contributed by atoms with van der Waals surface area (Å²) < 4.78 is 10.8. The fourth-order valence-corrected chi connectivity index (χ4v) is 4.38. The van der Waals surface area contributed by atoms with Gasteiger partial charge in [-0.05, 0) is 62.6 Å². The second-order valence-electron chi connectivity index (χ2n) is 8.25. The predicted molar refractivity (Wildman–Crippen MR) is 127 cm³/mol. The van der Waals surface area contributed by atoms with Gasteiger partial charge in [-0.25, -0.2) is 4.98 Å². The van der Waals surface area contributed by atoms with E-state index in [1.54, 1.807) is 19.4 Å². The van der Waals surface area contributed by atoms with Crippen LogP contribution >= 0.6 is 0 Å². The number of benzene rings is 1. The molecule has 3 heterocycles. The molecule has 7 nitrogen and oxygen atoms in total. The number of fused-ring (bicyclic) bond motifs is 1. The van der Waals surface area contributed by atoms with Crippen molar-refractivity contribution in [1.82, 2.24) is 15.2 Å². The first-order chi connectivity index (χ1) is 15.7. The second-order valence-corrected chi connectivity index (χ2v) is 8.25. The van der Waals surface area contributed by atoms with Gasteiger partial charge in [-0.3, -0.25) is 4.79 Å². The second kappa shape index (κ2) is 10.5. The first-order valence-corrected chi connectivity index (χ1v) is 11.5. The number of piperidine rings is 1. The largest absolute Gasteiger partial charge is 0.497 e. The molecule has 170 valence electrons. The van der Waals surface area contributed by atoms with Crippen LogP contribution in [0.1, 0.15) is 49.5 Å². The molecule has 1 atom stereocenters. The molecule has 7 heteroatoms. The van der Waals surface area contributed by atoms with E-state index in [2.05, 4.69) is 27.4 Å². The number of hydrogen-bond donors (Lipinski definition) is 2. The quantitative estimate of drug-likeness (QED) is 0.461. The topological polar surface area (TPSA) is 79.6 Å². The molecule has 32 heavy (non-hydrogen) atoms. The molecule has 0 bridgehead atoms. The number of rotatable bonds is 9. The molecule has 4 rings (SSSR count). The number of furan rings is 1. The number of aromatic nitrogens is 1. The van der Waals surface area contributed by atoms with Gasteiger partial charge in [0.1, 0.15) is 22.8 Å². The van der Waals surface area contributed by atoms with Gasteiger partial charge in [0.15, 0.2) is 0 Å². The van der Waals surface area contributed by atoms with Crippen LogP contribution in [0.15, 0.2) is 47.1 Å². The van der Waals surface area contributed by atoms with E-state index < -0.39 is 0 Å². The Labute approximate surface area is 189 Å². The highest BCUT2D eigenvalue weighted by Crippen LogP contribution is 2.27. The number of methoxy groups -OCH3 is 1. The van der Waals surface area contributed by atoms with Crippen LogP contribution in [0.2, 0.25) is 0 Å². The molecule has 0 saturated carbocycles. The van der Waals surface area contributed by atoms with Gasteiger partial charge in [-0.2, -0.15) is 0 Å². The molecule has 1 aromatic carbocycles. The van der Waals surface area contributed by atoms with Crippen LogP contribution < -0.4 is 15.4 Å². The van der Waals surface area contributed by atoms with Crippen LogP contribution in [0.5, 0.6) is 5.75 Å². The summed E-state index contributed by atoms with van der Waals surface area (Å²) in [6.45, 7) is 5.08. The van der Waals surface area contributed by atoms with Crippen molar-refractivity contribution in [3.63, 3.8) is 0 Å². The standard InChI is InChI=1S/C25H32N4O3/c1-3-19-7-4-5-14-29(19)15-6-13-26-25(30)22-17-23-21(12-16-32-23)24(28-22)27-18-8-10-20(31-2)11-9-18/h8-12,16-17,19H,3-7,13-15H2,1-2H3,(H,26,30)(H,27,28)/t19-/m1/s1. The van der Waals surface area contributed by atoms with Crippen LogP contribution in [0.25, 0.3) is 11.0 Å². The van der Waals surface area contributed by atoms with E-state index in [1.165, 1.54) is 32.2 Å². The van der Waals surface area contributed by atoms with Gasteiger partial charge in [0.25, 0.3) is 5.91 Å². The van der Waals surface area contributed by atoms with Gasteiger partial charge in [-0.1, -0.05) is 13.3 Å². The van der Waals surface area contributed by atoms with Crippen molar-refractivity contribution in [2.24, 2.45) is 0 Å². The number of carbonyl (C=O) groups is 1. The fourth-order valence-electron chi connectivity index (χ4n) is 4.38. The molecule has 1 saturated heterocycles. The summed E-state index contributed by atoms with van der Waals surface area (Å²) in [5.41, 5.74) is 1.82. The van der Waals surface area contributed by atoms with Crippen molar-refractivity contribution in [1.29, 1.82) is 0 Å². The third kappa shape index (κ3) is 5.22. The minimum atomic E-state index is -0.188. The van der Waals surface area contributed by atoms with Crippen molar-refractivity contribution in [2.75, 3.05) is 32.1 Å². The lowest BCUT2D eigenvalue weighted by molar-refractivity contribution is 0.0942. The normalized spacial score (nSPS) is 16.8. The molecule has 1 aliphatic rings. The molecular weight excluding hydrogens is 404 g/mol. The average Bonchev–Trinajstić information content (AvgIpc) is 3.31. The number of pyridine rings is 1. The highest BCUT2D eigenvalue weighted by atomic mass is 16.5. The van der Waals surface area contributed by atoms with E-state index in [4.69, 9.17) is 9.15 Å². The van der Waals surface area contributed by atoms with Gasteiger partial charge in [0, 0.05) is 30.9 Å². The average molecular weight is 437 g/mol. The molecule has 0 unspecified atom stereocenters. The van der Waals surface area contributed by atoms with Gasteiger partial charge in [-0.15, -0.1) is 0 Å². The summed E-state index contributed by atoms with van der Waals surface area (Å²) in [4.78, 5) is 19.9. The van der Waals surface area contributed by atoms with Gasteiger partial charge >= 0.3 is 0 Å². The maximum Gasteiger partial charge on any atom is 0.270 e. The summed E-state index contributed by atoms with van der Waals surface area (Å²) in [6, 6.07) is 11.8. The zero-order valence-electron chi connectivity index (χ0n) is 18.9. The molecule has 2 N–H and O–H groups in total. The SMILES string of the molecule is CC[C@@H]1CCCCN1CCCNC(=O)c1cc2occc2c(Nc2ccc(OC)cc2)n1. The highest BCUT2D eigenvalue weighted by molar-refractivity contribution is 5.99.